The summed E-state index contributed by atoms with van der Waals surface area (Å²) in [5, 5.41) is 0. The van der Waals surface area contributed by atoms with Gasteiger partial charge in [0.15, 0.2) is 0 Å². The first-order chi connectivity index (χ1) is 7.04. The lowest BCUT2D eigenvalue weighted by molar-refractivity contribution is 0.389. The highest BCUT2D eigenvalue weighted by Gasteiger charge is 2.07. The molecule has 0 bridgehead atoms. The Hall–Kier alpha value is -1.00. The molecule has 0 saturated heterocycles. The van der Waals surface area contributed by atoms with Crippen molar-refractivity contribution < 1.29 is 0 Å². The summed E-state index contributed by atoms with van der Waals surface area (Å²) < 4.78 is 0. The third kappa shape index (κ3) is 3.25. The zero-order valence-corrected chi connectivity index (χ0v) is 10.0. The lowest BCUT2D eigenvalue weighted by Gasteiger charge is -2.12. The van der Waals surface area contributed by atoms with Crippen molar-refractivity contribution >= 4 is 0 Å². The highest BCUT2D eigenvalue weighted by atomic mass is 15.1. The molecule has 0 atom stereocenters. The van der Waals surface area contributed by atoms with Gasteiger partial charge in [0, 0.05) is 11.4 Å². The molecule has 0 fully saturated rings. The van der Waals surface area contributed by atoms with E-state index in [2.05, 4.69) is 14.9 Å². The van der Waals surface area contributed by atoms with Gasteiger partial charge in [0.05, 0.1) is 6.54 Å². The molecule has 0 amide bonds. The minimum Gasteiger partial charge on any atom is -0.330 e. The van der Waals surface area contributed by atoms with Crippen LogP contribution >= 0.6 is 0 Å². The third-order valence-electron chi connectivity index (χ3n) is 2.32. The van der Waals surface area contributed by atoms with Gasteiger partial charge < -0.3 is 10.6 Å². The van der Waals surface area contributed by atoms with Crippen LogP contribution in [0, 0.1) is 13.8 Å². The van der Waals surface area contributed by atoms with Crippen LogP contribution in [0.25, 0.3) is 0 Å². The summed E-state index contributed by atoms with van der Waals surface area (Å²) in [6, 6.07) is 0. The molecule has 0 aromatic carbocycles. The van der Waals surface area contributed by atoms with Crippen LogP contribution < -0.4 is 5.73 Å². The predicted molar refractivity (Wildman–Crippen MR) is 61.7 cm³/mol. The van der Waals surface area contributed by atoms with Crippen molar-refractivity contribution in [3.8, 4) is 0 Å². The van der Waals surface area contributed by atoms with Crippen molar-refractivity contribution in [2.45, 2.75) is 26.8 Å². The van der Waals surface area contributed by atoms with Gasteiger partial charge in [-0.3, -0.25) is 0 Å². The molecule has 4 heteroatoms. The van der Waals surface area contributed by atoms with Crippen molar-refractivity contribution in [3.05, 3.63) is 22.8 Å². The van der Waals surface area contributed by atoms with Gasteiger partial charge in [-0.15, -0.1) is 0 Å². The molecule has 15 heavy (non-hydrogen) atoms. The molecule has 1 aromatic heterocycles. The molecular weight excluding hydrogens is 188 g/mol. The van der Waals surface area contributed by atoms with Crippen molar-refractivity contribution in [2.75, 3.05) is 20.6 Å². The van der Waals surface area contributed by atoms with E-state index >= 15 is 0 Å². The summed E-state index contributed by atoms with van der Waals surface area (Å²) in [6.07, 6.45) is 0.861. The first kappa shape index (κ1) is 12.1. The zero-order chi connectivity index (χ0) is 11.4. The van der Waals surface area contributed by atoms with Crippen LogP contribution in [0.4, 0.5) is 0 Å². The topological polar surface area (TPSA) is 55.0 Å². The van der Waals surface area contributed by atoms with Gasteiger partial charge in [-0.25, -0.2) is 9.97 Å². The van der Waals surface area contributed by atoms with Gasteiger partial charge in [-0.05, 0) is 46.5 Å². The van der Waals surface area contributed by atoms with Gasteiger partial charge in [-0.1, -0.05) is 0 Å². The lowest BCUT2D eigenvalue weighted by Crippen LogP contribution is -2.16. The van der Waals surface area contributed by atoms with E-state index in [1.807, 2.05) is 27.9 Å². The highest BCUT2D eigenvalue weighted by Crippen LogP contribution is 2.11. The minimum absolute atomic E-state index is 0.651. The fraction of sp³-hybridized carbons (Fsp3) is 0.636. The lowest BCUT2D eigenvalue weighted by atomic mass is 10.1. The summed E-state index contributed by atoms with van der Waals surface area (Å²) in [5.41, 5.74) is 8.87. The highest BCUT2D eigenvalue weighted by molar-refractivity contribution is 5.24. The van der Waals surface area contributed by atoms with Crippen molar-refractivity contribution in [1.29, 1.82) is 0 Å². The average Bonchev–Trinajstić information content (AvgIpc) is 2.10. The van der Waals surface area contributed by atoms with E-state index in [9.17, 15) is 0 Å². The van der Waals surface area contributed by atoms with Crippen molar-refractivity contribution in [1.82, 2.24) is 14.9 Å². The monoisotopic (exact) mass is 208 g/mol. The summed E-state index contributed by atoms with van der Waals surface area (Å²) in [7, 11) is 4.03. The molecule has 0 aliphatic rings. The van der Waals surface area contributed by atoms with Gasteiger partial charge in [-0.2, -0.15) is 0 Å². The number of hydrogen-bond donors (Lipinski definition) is 1. The molecule has 0 radical (unpaired) electrons. The molecule has 0 spiro atoms. The maximum atomic E-state index is 5.55. The third-order valence-corrected chi connectivity index (χ3v) is 2.32. The molecule has 4 nitrogen and oxygen atoms in total. The molecule has 0 unspecified atom stereocenters. The number of rotatable bonds is 4. The quantitative estimate of drug-likeness (QED) is 0.789. The Morgan fingerprint density at radius 3 is 2.07 bits per heavy atom. The van der Waals surface area contributed by atoms with Crippen molar-refractivity contribution in [3.63, 3.8) is 0 Å². The molecule has 0 aliphatic heterocycles. The number of nitrogens with zero attached hydrogens (tertiary/aromatic N) is 3. The van der Waals surface area contributed by atoms with Crippen LogP contribution in [0.1, 0.15) is 22.8 Å². The Labute approximate surface area is 91.5 Å². The molecule has 1 heterocycles. The maximum Gasteiger partial charge on any atom is 0.142 e. The summed E-state index contributed by atoms with van der Waals surface area (Å²) in [4.78, 5) is 11.0. The fourth-order valence-corrected chi connectivity index (χ4v) is 1.67. The van der Waals surface area contributed by atoms with Crippen LogP contribution in [-0.4, -0.2) is 35.5 Å². The smallest absolute Gasteiger partial charge is 0.142 e. The SMILES string of the molecule is Cc1nc(CN(C)C)nc(C)c1CCN. The standard InChI is InChI=1S/C11H20N4/c1-8-10(5-6-12)9(2)14-11(13-8)7-15(3)4/h5-7,12H2,1-4H3. The first-order valence-electron chi connectivity index (χ1n) is 5.22. The Morgan fingerprint density at radius 2 is 1.67 bits per heavy atom. The first-order valence-corrected chi connectivity index (χ1v) is 5.22. The summed E-state index contributed by atoms with van der Waals surface area (Å²) in [6.45, 7) is 5.49. The molecule has 0 saturated carbocycles. The van der Waals surface area contributed by atoms with Crippen LogP contribution in [0.3, 0.4) is 0 Å². The van der Waals surface area contributed by atoms with Gasteiger partial charge in [0.25, 0.3) is 0 Å². The normalized spacial score (nSPS) is 11.1. The van der Waals surface area contributed by atoms with E-state index in [1.165, 1.54) is 5.56 Å². The van der Waals surface area contributed by atoms with Gasteiger partial charge >= 0.3 is 0 Å². The minimum atomic E-state index is 0.651. The Kier molecular flexibility index (Phi) is 4.17. The van der Waals surface area contributed by atoms with Crippen LogP contribution in [0.15, 0.2) is 0 Å². The van der Waals surface area contributed by atoms with E-state index in [0.29, 0.717) is 6.54 Å². The Morgan fingerprint density at radius 1 is 1.13 bits per heavy atom. The Bertz CT molecular complexity index is 310. The van der Waals surface area contributed by atoms with Crippen LogP contribution in [0.2, 0.25) is 0 Å². The molecule has 2 N–H and O–H groups in total. The van der Waals surface area contributed by atoms with E-state index in [4.69, 9.17) is 5.73 Å². The number of hydrogen-bond acceptors (Lipinski definition) is 4. The molecule has 84 valence electrons. The second-order valence-electron chi connectivity index (χ2n) is 4.07. The second kappa shape index (κ2) is 5.19. The Balaban J connectivity index is 2.97. The van der Waals surface area contributed by atoms with E-state index in [0.717, 1.165) is 30.2 Å². The zero-order valence-electron chi connectivity index (χ0n) is 10.0. The van der Waals surface area contributed by atoms with Crippen LogP contribution in [-0.2, 0) is 13.0 Å². The van der Waals surface area contributed by atoms with E-state index in [-0.39, 0.29) is 0 Å². The molecule has 1 rings (SSSR count). The van der Waals surface area contributed by atoms with Gasteiger partial charge in [0.1, 0.15) is 5.82 Å². The molecule has 1 aromatic rings. The van der Waals surface area contributed by atoms with E-state index in [1.54, 1.807) is 0 Å². The fourth-order valence-electron chi connectivity index (χ4n) is 1.67. The van der Waals surface area contributed by atoms with Gasteiger partial charge in [0.2, 0.25) is 0 Å². The number of nitrogens with two attached hydrogens (primary N) is 1. The molecule has 0 aliphatic carbocycles. The van der Waals surface area contributed by atoms with Crippen molar-refractivity contribution in [2.24, 2.45) is 5.73 Å². The van der Waals surface area contributed by atoms with E-state index < -0.39 is 0 Å². The number of aryl methyl sites for hydroxylation is 2. The summed E-state index contributed by atoms with van der Waals surface area (Å²) in [5.74, 6) is 0.885. The summed E-state index contributed by atoms with van der Waals surface area (Å²) >= 11 is 0. The number of aromatic nitrogens is 2. The largest absolute Gasteiger partial charge is 0.330 e. The predicted octanol–water partition coefficient (Wildman–Crippen LogP) is 0.656. The molecular formula is C11H20N4. The second-order valence-corrected chi connectivity index (χ2v) is 4.07. The maximum absolute atomic E-state index is 5.55. The van der Waals surface area contributed by atoms with Crippen LogP contribution in [0.5, 0.6) is 0 Å². The average molecular weight is 208 g/mol.